The van der Waals surface area contributed by atoms with Gasteiger partial charge in [0.25, 0.3) is 5.70 Å². The van der Waals surface area contributed by atoms with Crippen LogP contribution in [-0.2, 0) is 4.79 Å². The molecule has 0 heterocycles. The maximum Gasteiger partial charge on any atom is 0.333 e. The van der Waals surface area contributed by atoms with Crippen LogP contribution in [0.2, 0.25) is 0 Å². The van der Waals surface area contributed by atoms with Gasteiger partial charge in [-0.3, -0.25) is 4.79 Å². The molecule has 0 aliphatic carbocycles. The lowest BCUT2D eigenvalue weighted by atomic mass is 10.1. The monoisotopic (exact) mass is 576 g/mol. The Hall–Kier alpha value is -6.06. The van der Waals surface area contributed by atoms with Gasteiger partial charge in [-0.05, 0) is 96.6 Å². The Balaban J connectivity index is 1.47. The van der Waals surface area contributed by atoms with Crippen LogP contribution < -0.4 is 14.7 Å². The van der Waals surface area contributed by atoms with E-state index in [1.165, 1.54) is 6.08 Å². The van der Waals surface area contributed by atoms with E-state index in [4.69, 9.17) is 11.7 Å². The van der Waals surface area contributed by atoms with Gasteiger partial charge in [0.1, 0.15) is 0 Å². The highest BCUT2D eigenvalue weighted by atomic mass is 16.4. The molecule has 0 unspecified atom stereocenters. The third-order valence-electron chi connectivity index (χ3n) is 7.31. The number of anilines is 7. The first-order chi connectivity index (χ1) is 21.4. The molecule has 0 aliphatic heterocycles. The van der Waals surface area contributed by atoms with Crippen LogP contribution in [0.1, 0.15) is 5.56 Å². The van der Waals surface area contributed by atoms with E-state index in [0.717, 1.165) is 45.4 Å². The van der Waals surface area contributed by atoms with Crippen molar-refractivity contribution in [1.82, 2.24) is 0 Å². The van der Waals surface area contributed by atoms with Crippen molar-refractivity contribution in [2.24, 2.45) is 0 Å². The number of rotatable bonds is 10. The predicted molar refractivity (Wildman–Crippen MR) is 181 cm³/mol. The fourth-order valence-electron chi connectivity index (χ4n) is 4.84. The van der Waals surface area contributed by atoms with Gasteiger partial charge in [-0.25, -0.2) is 4.85 Å². The largest absolute Gasteiger partial charge is 0.486 e. The zero-order chi connectivity index (χ0) is 30.9. The van der Waals surface area contributed by atoms with Crippen molar-refractivity contribution in [2.75, 3.05) is 28.8 Å². The molecule has 0 fully saturated rings. The lowest BCUT2D eigenvalue weighted by molar-refractivity contribution is -0.132. The molecular weight excluding hydrogens is 544 g/mol. The Bertz CT molecular complexity index is 1700. The summed E-state index contributed by atoms with van der Waals surface area (Å²) in [7, 11) is 4.12. The minimum absolute atomic E-state index is 0.327. The van der Waals surface area contributed by atoms with Crippen molar-refractivity contribution in [3.8, 4) is 0 Å². The Morgan fingerprint density at radius 1 is 0.591 bits per heavy atom. The molecule has 0 radical (unpaired) electrons. The molecule has 5 aromatic carbocycles. The summed E-state index contributed by atoms with van der Waals surface area (Å²) in [5.74, 6) is -1.24. The number of carboxylic acids is 1. The second kappa shape index (κ2) is 13.7. The summed E-state index contributed by atoms with van der Waals surface area (Å²) in [5.41, 5.74) is 7.93. The lowest BCUT2D eigenvalue weighted by Gasteiger charge is -2.27. The molecular formula is C38H32N4O2. The molecule has 5 rings (SSSR count). The van der Waals surface area contributed by atoms with Gasteiger partial charge < -0.3 is 19.8 Å². The molecule has 0 saturated carbocycles. The number of allylic oxidation sites excluding steroid dienone is 2. The van der Waals surface area contributed by atoms with E-state index >= 15 is 0 Å². The molecule has 6 heteroatoms. The number of benzene rings is 5. The topological polar surface area (TPSA) is 51.4 Å². The third kappa shape index (κ3) is 6.87. The van der Waals surface area contributed by atoms with Crippen LogP contribution in [0.3, 0.4) is 0 Å². The number of carboxylic acid groups (broad SMARTS) is 1. The number of hydrogen-bond acceptors (Lipinski definition) is 4. The van der Waals surface area contributed by atoms with E-state index in [1.54, 1.807) is 12.2 Å². The van der Waals surface area contributed by atoms with Crippen molar-refractivity contribution in [2.45, 2.75) is 0 Å². The lowest BCUT2D eigenvalue weighted by Crippen LogP contribution is -2.13. The normalized spacial score (nSPS) is 11.2. The highest BCUT2D eigenvalue weighted by molar-refractivity contribution is 5.89. The van der Waals surface area contributed by atoms with Gasteiger partial charge >= 0.3 is 5.97 Å². The molecule has 1 N–H and O–H groups in total. The van der Waals surface area contributed by atoms with Crippen LogP contribution >= 0.6 is 0 Å². The predicted octanol–water partition coefficient (Wildman–Crippen LogP) is 9.59. The van der Waals surface area contributed by atoms with E-state index in [2.05, 4.69) is 106 Å². The Morgan fingerprint density at radius 3 is 1.34 bits per heavy atom. The molecule has 0 aliphatic rings. The quantitative estimate of drug-likeness (QED) is 0.102. The van der Waals surface area contributed by atoms with Crippen LogP contribution in [0.15, 0.2) is 151 Å². The number of aliphatic carboxylic acids is 1. The fourth-order valence-corrected chi connectivity index (χ4v) is 4.84. The average molecular weight is 577 g/mol. The SMILES string of the molecule is [C-]#[N+]C(=CC=Cc1ccc(N(c2ccc(N(C)c3ccccc3)cc2)c2ccc(N(C)c3ccccc3)cc2)cc1)C(=O)O. The van der Waals surface area contributed by atoms with Crippen LogP contribution in [0, 0.1) is 6.57 Å². The molecule has 6 nitrogen and oxygen atoms in total. The van der Waals surface area contributed by atoms with Crippen LogP contribution in [0.5, 0.6) is 0 Å². The standard InChI is InChI=1S/C38H32N4O2/c1-39-37(38(43)44)16-10-11-29-17-19-34(20-18-29)42(35-25-21-32(22-26-35)40(2)30-12-6-4-7-13-30)36-27-23-33(24-28-36)41(3)31-14-8-5-9-15-31/h4-28H,2-3H3,(H,43,44). The summed E-state index contributed by atoms with van der Waals surface area (Å²) in [6.07, 6.45) is 4.67. The van der Waals surface area contributed by atoms with Gasteiger partial charge in [-0.15, -0.1) is 0 Å². The van der Waals surface area contributed by atoms with E-state index in [9.17, 15) is 4.79 Å². The molecule has 0 aromatic heterocycles. The Kier molecular flexibility index (Phi) is 9.19. The second-order valence-electron chi connectivity index (χ2n) is 10.1. The zero-order valence-electron chi connectivity index (χ0n) is 24.6. The summed E-state index contributed by atoms with van der Waals surface area (Å²) < 4.78 is 0. The first kappa shape index (κ1) is 29.4. The van der Waals surface area contributed by atoms with Gasteiger partial charge in [0, 0.05) is 53.9 Å². The van der Waals surface area contributed by atoms with E-state index < -0.39 is 5.97 Å². The summed E-state index contributed by atoms with van der Waals surface area (Å²) >= 11 is 0. The highest BCUT2D eigenvalue weighted by Gasteiger charge is 2.14. The molecule has 0 amide bonds. The summed E-state index contributed by atoms with van der Waals surface area (Å²) in [6.45, 7) is 7.00. The number of nitrogens with zero attached hydrogens (tertiary/aromatic N) is 4. The number of para-hydroxylation sites is 2. The average Bonchev–Trinajstić information content (AvgIpc) is 3.08. The van der Waals surface area contributed by atoms with Gasteiger partial charge in [0.15, 0.2) is 0 Å². The maximum atomic E-state index is 11.1. The van der Waals surface area contributed by atoms with E-state index in [-0.39, 0.29) is 5.70 Å². The van der Waals surface area contributed by atoms with Crippen LogP contribution in [0.4, 0.5) is 39.8 Å². The smallest absolute Gasteiger partial charge is 0.333 e. The van der Waals surface area contributed by atoms with Crippen molar-refractivity contribution >= 4 is 51.9 Å². The second-order valence-corrected chi connectivity index (χ2v) is 10.1. The van der Waals surface area contributed by atoms with Crippen LogP contribution in [-0.4, -0.2) is 25.2 Å². The van der Waals surface area contributed by atoms with Gasteiger partial charge in [-0.2, -0.15) is 0 Å². The summed E-state index contributed by atoms with van der Waals surface area (Å²) in [4.78, 5) is 20.6. The van der Waals surface area contributed by atoms with Crippen molar-refractivity contribution in [3.05, 3.63) is 168 Å². The molecule has 5 aromatic rings. The minimum Gasteiger partial charge on any atom is -0.486 e. The fraction of sp³-hybridized carbons (Fsp3) is 0.0526. The van der Waals surface area contributed by atoms with Gasteiger partial charge in [0.05, 0.1) is 6.57 Å². The molecule has 0 bridgehead atoms. The molecule has 0 spiro atoms. The summed E-state index contributed by atoms with van der Waals surface area (Å²) in [6, 6.07) is 45.5. The third-order valence-corrected chi connectivity index (χ3v) is 7.31. The number of carbonyl (C=O) groups is 1. The van der Waals surface area contributed by atoms with Crippen molar-refractivity contribution in [3.63, 3.8) is 0 Å². The highest BCUT2D eigenvalue weighted by Crippen LogP contribution is 2.37. The Morgan fingerprint density at radius 2 is 0.955 bits per heavy atom. The van der Waals surface area contributed by atoms with E-state index in [1.807, 2.05) is 60.7 Å². The zero-order valence-corrected chi connectivity index (χ0v) is 24.6. The number of hydrogen-bond donors (Lipinski definition) is 1. The van der Waals surface area contributed by atoms with Crippen molar-refractivity contribution in [1.29, 1.82) is 0 Å². The molecule has 44 heavy (non-hydrogen) atoms. The van der Waals surface area contributed by atoms with Gasteiger partial charge in [-0.1, -0.05) is 60.7 Å². The van der Waals surface area contributed by atoms with Gasteiger partial charge in [0.2, 0.25) is 0 Å². The summed E-state index contributed by atoms with van der Waals surface area (Å²) in [5, 5.41) is 9.07. The van der Waals surface area contributed by atoms with Crippen LogP contribution in [0.25, 0.3) is 10.9 Å². The molecule has 216 valence electrons. The first-order valence-electron chi connectivity index (χ1n) is 14.1. The Labute approximate surface area is 258 Å². The molecule has 0 atom stereocenters. The molecule has 0 saturated heterocycles. The first-order valence-corrected chi connectivity index (χ1v) is 14.1. The minimum atomic E-state index is -1.24. The maximum absolute atomic E-state index is 11.1. The van der Waals surface area contributed by atoms with E-state index in [0.29, 0.717) is 0 Å². The van der Waals surface area contributed by atoms with Crippen molar-refractivity contribution < 1.29 is 9.90 Å².